The molecular formula is C20H30N2O5S. The van der Waals surface area contributed by atoms with Gasteiger partial charge < -0.3 is 15.2 Å². The smallest absolute Gasteiger partial charge is 0.243 e. The van der Waals surface area contributed by atoms with Gasteiger partial charge in [0.1, 0.15) is 0 Å². The van der Waals surface area contributed by atoms with Gasteiger partial charge in [-0.25, -0.2) is 8.42 Å². The minimum Gasteiger partial charge on any atom is -0.396 e. The van der Waals surface area contributed by atoms with Crippen molar-refractivity contribution >= 4 is 15.9 Å². The lowest BCUT2D eigenvalue weighted by Gasteiger charge is -2.30. The molecule has 2 atom stereocenters. The molecule has 1 amide bonds. The lowest BCUT2D eigenvalue weighted by atomic mass is 9.85. The van der Waals surface area contributed by atoms with E-state index in [-0.39, 0.29) is 28.9 Å². The third-order valence-corrected chi connectivity index (χ3v) is 7.86. The molecule has 0 aromatic heterocycles. The summed E-state index contributed by atoms with van der Waals surface area (Å²) in [5, 5.41) is 12.6. The summed E-state index contributed by atoms with van der Waals surface area (Å²) in [4.78, 5) is 12.6. The topological polar surface area (TPSA) is 95.9 Å². The van der Waals surface area contributed by atoms with Crippen LogP contribution in [0, 0.1) is 5.41 Å². The fraction of sp³-hybridized carbons (Fsp3) is 0.650. The number of ether oxygens (including phenoxy) is 1. The van der Waals surface area contributed by atoms with Crippen molar-refractivity contribution in [1.29, 1.82) is 0 Å². The fourth-order valence-corrected chi connectivity index (χ4v) is 5.36. The van der Waals surface area contributed by atoms with Crippen LogP contribution < -0.4 is 5.32 Å². The first-order chi connectivity index (χ1) is 13.3. The Labute approximate surface area is 167 Å². The number of rotatable bonds is 7. The maximum atomic E-state index is 12.6. The van der Waals surface area contributed by atoms with E-state index < -0.39 is 10.0 Å². The van der Waals surface area contributed by atoms with Gasteiger partial charge in [-0.2, -0.15) is 4.31 Å². The van der Waals surface area contributed by atoms with Gasteiger partial charge in [-0.3, -0.25) is 4.79 Å². The van der Waals surface area contributed by atoms with E-state index in [0.29, 0.717) is 39.1 Å². The maximum absolute atomic E-state index is 12.6. The van der Waals surface area contributed by atoms with E-state index in [1.165, 1.54) is 4.31 Å². The van der Waals surface area contributed by atoms with E-state index in [9.17, 15) is 18.3 Å². The zero-order chi connectivity index (χ0) is 20.2. The predicted octanol–water partition coefficient (Wildman–Crippen LogP) is 1.31. The van der Waals surface area contributed by atoms with Crippen molar-refractivity contribution in [2.75, 3.05) is 32.9 Å². The standard InChI is InChI=1S/C20H30N2O5S/c1-20(15-23)10-2-3-18(20)21-19(24)9-6-16-4-7-17(8-5-16)28(25,26)22-11-13-27-14-12-22/h4-5,7-8,18,23H,2-3,6,9-15H2,1H3,(H,21,24). The molecular weight excluding hydrogens is 380 g/mol. The van der Waals surface area contributed by atoms with E-state index >= 15 is 0 Å². The number of hydrogen-bond donors (Lipinski definition) is 2. The zero-order valence-electron chi connectivity index (χ0n) is 16.4. The average Bonchev–Trinajstić information content (AvgIpc) is 3.08. The van der Waals surface area contributed by atoms with Crippen molar-refractivity contribution in [3.63, 3.8) is 0 Å². The molecule has 2 unspecified atom stereocenters. The Balaban J connectivity index is 1.54. The SMILES string of the molecule is CC1(CO)CCCC1NC(=O)CCc1ccc(S(=O)(=O)N2CCOCC2)cc1. The first-order valence-electron chi connectivity index (χ1n) is 9.92. The van der Waals surface area contributed by atoms with Crippen LogP contribution in [0.15, 0.2) is 29.2 Å². The first kappa shape index (κ1) is 21.2. The number of benzene rings is 1. The molecule has 0 radical (unpaired) electrons. The van der Waals surface area contributed by atoms with Crippen LogP contribution in [0.25, 0.3) is 0 Å². The van der Waals surface area contributed by atoms with E-state index in [1.807, 2.05) is 6.92 Å². The molecule has 0 spiro atoms. The molecule has 1 saturated heterocycles. The molecule has 7 nitrogen and oxygen atoms in total. The van der Waals surface area contributed by atoms with Crippen LogP contribution in [-0.4, -0.2) is 62.7 Å². The van der Waals surface area contributed by atoms with Crippen LogP contribution >= 0.6 is 0 Å². The summed E-state index contributed by atoms with van der Waals surface area (Å²) in [6.07, 6.45) is 3.73. The van der Waals surface area contributed by atoms with Gasteiger partial charge in [-0.1, -0.05) is 25.5 Å². The lowest BCUT2D eigenvalue weighted by Crippen LogP contribution is -2.44. The highest BCUT2D eigenvalue weighted by Crippen LogP contribution is 2.37. The summed E-state index contributed by atoms with van der Waals surface area (Å²) in [6, 6.07) is 6.78. The van der Waals surface area contributed by atoms with E-state index in [4.69, 9.17) is 4.74 Å². The van der Waals surface area contributed by atoms with Crippen molar-refractivity contribution in [3.05, 3.63) is 29.8 Å². The molecule has 1 saturated carbocycles. The zero-order valence-corrected chi connectivity index (χ0v) is 17.2. The van der Waals surface area contributed by atoms with Gasteiger partial charge in [0.15, 0.2) is 0 Å². The van der Waals surface area contributed by atoms with E-state index in [0.717, 1.165) is 24.8 Å². The monoisotopic (exact) mass is 410 g/mol. The molecule has 3 rings (SSSR count). The van der Waals surface area contributed by atoms with Crippen LogP contribution in [0.3, 0.4) is 0 Å². The predicted molar refractivity (Wildman–Crippen MR) is 105 cm³/mol. The Morgan fingerprint density at radius 2 is 1.96 bits per heavy atom. The summed E-state index contributed by atoms with van der Waals surface area (Å²) in [5.74, 6) is -0.0309. The van der Waals surface area contributed by atoms with Gasteiger partial charge in [-0.05, 0) is 37.0 Å². The molecule has 2 N–H and O–H groups in total. The second kappa shape index (κ2) is 8.90. The van der Waals surface area contributed by atoms with Crippen molar-refractivity contribution in [1.82, 2.24) is 9.62 Å². The second-order valence-corrected chi connectivity index (χ2v) is 9.92. The van der Waals surface area contributed by atoms with Crippen LogP contribution in [0.4, 0.5) is 0 Å². The number of nitrogens with zero attached hydrogens (tertiary/aromatic N) is 1. The molecule has 0 bridgehead atoms. The van der Waals surface area contributed by atoms with Gasteiger partial charge in [0, 0.05) is 31.0 Å². The second-order valence-electron chi connectivity index (χ2n) is 7.98. The summed E-state index contributed by atoms with van der Waals surface area (Å²) in [7, 11) is -3.49. The average molecular weight is 411 g/mol. The van der Waals surface area contributed by atoms with Gasteiger partial charge in [-0.15, -0.1) is 0 Å². The fourth-order valence-electron chi connectivity index (χ4n) is 3.96. The van der Waals surface area contributed by atoms with Gasteiger partial charge in [0.2, 0.25) is 15.9 Å². The molecule has 2 aliphatic rings. The normalized spacial score (nSPS) is 26.3. The highest BCUT2D eigenvalue weighted by atomic mass is 32.2. The summed E-state index contributed by atoms with van der Waals surface area (Å²) in [5.41, 5.74) is 0.693. The molecule has 2 fully saturated rings. The van der Waals surface area contributed by atoms with Crippen LogP contribution in [0.2, 0.25) is 0 Å². The lowest BCUT2D eigenvalue weighted by molar-refractivity contribution is -0.122. The Kier molecular flexibility index (Phi) is 6.75. The van der Waals surface area contributed by atoms with Crippen molar-refractivity contribution in [3.8, 4) is 0 Å². The number of aliphatic hydroxyl groups is 1. The third-order valence-electron chi connectivity index (χ3n) is 5.95. The summed E-state index contributed by atoms with van der Waals surface area (Å²) < 4.78 is 31.9. The van der Waals surface area contributed by atoms with E-state index in [2.05, 4.69) is 5.32 Å². The molecule has 1 aromatic carbocycles. The summed E-state index contributed by atoms with van der Waals surface area (Å²) >= 11 is 0. The minimum atomic E-state index is -3.49. The van der Waals surface area contributed by atoms with Crippen LogP contribution in [-0.2, 0) is 26.0 Å². The first-order valence-corrected chi connectivity index (χ1v) is 11.4. The number of aliphatic hydroxyl groups excluding tert-OH is 1. The van der Waals surface area contributed by atoms with Gasteiger partial charge >= 0.3 is 0 Å². The highest BCUT2D eigenvalue weighted by Gasteiger charge is 2.38. The molecule has 1 aromatic rings. The number of carbonyl (C=O) groups excluding carboxylic acids is 1. The maximum Gasteiger partial charge on any atom is 0.243 e. The van der Waals surface area contributed by atoms with Crippen molar-refractivity contribution in [2.24, 2.45) is 5.41 Å². The molecule has 156 valence electrons. The number of sulfonamides is 1. The number of carbonyl (C=O) groups is 1. The Morgan fingerprint density at radius 3 is 2.61 bits per heavy atom. The third kappa shape index (κ3) is 4.74. The summed E-state index contributed by atoms with van der Waals surface area (Å²) in [6.45, 7) is 3.68. The number of aryl methyl sites for hydroxylation is 1. The number of nitrogens with one attached hydrogen (secondary N) is 1. The quantitative estimate of drug-likeness (QED) is 0.707. The Morgan fingerprint density at radius 1 is 1.29 bits per heavy atom. The number of amides is 1. The van der Waals surface area contributed by atoms with E-state index in [1.54, 1.807) is 24.3 Å². The largest absolute Gasteiger partial charge is 0.396 e. The van der Waals surface area contributed by atoms with Crippen LogP contribution in [0.5, 0.6) is 0 Å². The Hall–Kier alpha value is -1.48. The highest BCUT2D eigenvalue weighted by molar-refractivity contribution is 7.89. The molecule has 28 heavy (non-hydrogen) atoms. The number of hydrogen-bond acceptors (Lipinski definition) is 5. The minimum absolute atomic E-state index is 0.0195. The molecule has 1 aliphatic carbocycles. The van der Waals surface area contributed by atoms with Crippen molar-refractivity contribution in [2.45, 2.75) is 50.0 Å². The van der Waals surface area contributed by atoms with Gasteiger partial charge in [0.05, 0.1) is 24.7 Å². The van der Waals surface area contributed by atoms with Gasteiger partial charge in [0.25, 0.3) is 0 Å². The Bertz CT molecular complexity index is 774. The molecule has 8 heteroatoms. The number of morpholine rings is 1. The molecule has 1 aliphatic heterocycles. The molecule has 1 heterocycles. The van der Waals surface area contributed by atoms with Crippen LogP contribution in [0.1, 0.15) is 38.2 Å². The van der Waals surface area contributed by atoms with Crippen molar-refractivity contribution < 1.29 is 23.1 Å².